The van der Waals surface area contributed by atoms with Crippen molar-refractivity contribution >= 4 is 0 Å². The first-order chi connectivity index (χ1) is 7.75. The minimum Gasteiger partial charge on any atom is -0.488 e. The monoisotopic (exact) mass is 244 g/mol. The van der Waals surface area contributed by atoms with Crippen molar-refractivity contribution in [2.24, 2.45) is 0 Å². The zero-order valence-electron chi connectivity index (χ0n) is 9.39. The smallest absolute Gasteiger partial charge is 0.488 e. The first-order valence-corrected chi connectivity index (χ1v) is 5.08. The number of alkyl halides is 3. The topological polar surface area (TPSA) is 18.5 Å². The van der Waals surface area contributed by atoms with E-state index in [9.17, 15) is 13.2 Å². The van der Waals surface area contributed by atoms with E-state index in [1.807, 2.05) is 13.8 Å². The summed E-state index contributed by atoms with van der Waals surface area (Å²) in [5.74, 6) is 0.267. The summed E-state index contributed by atoms with van der Waals surface area (Å²) in [6.07, 6.45) is -1.15. The summed E-state index contributed by atoms with van der Waals surface area (Å²) in [6.45, 7) is 3.78. The van der Waals surface area contributed by atoms with Gasteiger partial charge in [-0.3, -0.25) is 0 Å². The maximum atomic E-state index is 12.0. The van der Waals surface area contributed by atoms with Gasteiger partial charge in [0.25, 0.3) is 0 Å². The predicted molar refractivity (Wildman–Crippen MR) is 54.8 cm³/mol. The fraction of sp³-hybridized carbons (Fsp3) is 0.417. The van der Waals surface area contributed by atoms with E-state index in [2.05, 4.69) is 11.2 Å². The van der Waals surface area contributed by atoms with Crippen LogP contribution in [0, 0.1) is 6.42 Å². The van der Waals surface area contributed by atoms with E-state index in [4.69, 9.17) is 4.74 Å². The normalized spacial score (nSPS) is 18.2. The van der Waals surface area contributed by atoms with Crippen LogP contribution in [0.2, 0.25) is 0 Å². The number of rotatable bonds is 1. The molecule has 0 amide bonds. The summed E-state index contributed by atoms with van der Waals surface area (Å²) in [4.78, 5) is 0. The molecule has 5 heteroatoms. The van der Waals surface area contributed by atoms with Crippen LogP contribution in [0.4, 0.5) is 13.2 Å². The quantitative estimate of drug-likeness (QED) is 0.751. The largest absolute Gasteiger partial charge is 0.573 e. The Morgan fingerprint density at radius 1 is 1.35 bits per heavy atom. The van der Waals surface area contributed by atoms with E-state index in [1.165, 1.54) is 18.2 Å². The molecular formula is C12H11F3O2. The molecule has 17 heavy (non-hydrogen) atoms. The first-order valence-electron chi connectivity index (χ1n) is 5.08. The molecule has 1 aromatic carbocycles. The highest BCUT2D eigenvalue weighted by molar-refractivity contribution is 5.46. The Bertz CT molecular complexity index is 424. The van der Waals surface area contributed by atoms with Crippen molar-refractivity contribution < 1.29 is 22.6 Å². The fourth-order valence-electron chi connectivity index (χ4n) is 1.58. The van der Waals surface area contributed by atoms with Crippen LogP contribution in [0.3, 0.4) is 0 Å². The maximum absolute atomic E-state index is 12.0. The Balaban J connectivity index is 2.22. The second kappa shape index (κ2) is 3.82. The maximum Gasteiger partial charge on any atom is 0.573 e. The van der Waals surface area contributed by atoms with Crippen LogP contribution >= 0.6 is 0 Å². The molecule has 1 aliphatic rings. The van der Waals surface area contributed by atoms with E-state index in [0.29, 0.717) is 17.7 Å². The van der Waals surface area contributed by atoms with Crippen LogP contribution < -0.4 is 9.47 Å². The minimum absolute atomic E-state index is 0.257. The van der Waals surface area contributed by atoms with Crippen molar-refractivity contribution in [3.05, 3.63) is 30.2 Å². The van der Waals surface area contributed by atoms with E-state index in [1.54, 1.807) is 0 Å². The van der Waals surface area contributed by atoms with Crippen LogP contribution in [0.5, 0.6) is 11.5 Å². The Morgan fingerprint density at radius 3 is 2.71 bits per heavy atom. The number of fused-ring (bicyclic) bond motifs is 1. The number of benzene rings is 1. The number of halogens is 3. The van der Waals surface area contributed by atoms with Gasteiger partial charge in [-0.05, 0) is 38.5 Å². The molecule has 0 bridgehead atoms. The predicted octanol–water partition coefficient (Wildman–Crippen LogP) is 3.58. The summed E-state index contributed by atoms with van der Waals surface area (Å²) in [5.41, 5.74) is 0.130. The Morgan fingerprint density at radius 2 is 2.06 bits per heavy atom. The highest BCUT2D eigenvalue weighted by Crippen LogP contribution is 2.37. The Labute approximate surface area is 97.3 Å². The SMILES string of the molecule is CC1(C)C[C]c2cc(OC(F)(F)F)ccc2O1. The van der Waals surface area contributed by atoms with Gasteiger partial charge in [0.05, 0.1) is 0 Å². The molecule has 0 aliphatic carbocycles. The average molecular weight is 244 g/mol. The van der Waals surface area contributed by atoms with Crippen LogP contribution in [0.25, 0.3) is 0 Å². The third-order valence-corrected chi connectivity index (χ3v) is 2.28. The van der Waals surface area contributed by atoms with Crippen molar-refractivity contribution in [1.82, 2.24) is 0 Å². The van der Waals surface area contributed by atoms with E-state index < -0.39 is 6.36 Å². The van der Waals surface area contributed by atoms with Gasteiger partial charge >= 0.3 is 6.36 Å². The lowest BCUT2D eigenvalue weighted by molar-refractivity contribution is -0.274. The molecule has 0 aromatic heterocycles. The molecule has 0 N–H and O–H groups in total. The van der Waals surface area contributed by atoms with Gasteiger partial charge in [0.15, 0.2) is 0 Å². The third-order valence-electron chi connectivity index (χ3n) is 2.28. The third kappa shape index (κ3) is 3.05. The molecule has 2 rings (SSSR count). The van der Waals surface area contributed by atoms with Gasteiger partial charge in [0.2, 0.25) is 0 Å². The van der Waals surface area contributed by atoms with Crippen molar-refractivity contribution in [3.63, 3.8) is 0 Å². The number of hydrogen-bond donors (Lipinski definition) is 0. The van der Waals surface area contributed by atoms with Crippen LogP contribution in [0.1, 0.15) is 25.8 Å². The summed E-state index contributed by atoms with van der Waals surface area (Å²) in [5, 5.41) is 0. The van der Waals surface area contributed by atoms with E-state index in [0.717, 1.165) is 0 Å². The van der Waals surface area contributed by atoms with Crippen LogP contribution in [-0.2, 0) is 0 Å². The molecule has 0 saturated carbocycles. The minimum atomic E-state index is -4.68. The van der Waals surface area contributed by atoms with Gasteiger partial charge in [-0.15, -0.1) is 13.2 Å². The zero-order chi connectivity index (χ0) is 12.7. The first kappa shape index (κ1) is 12.1. The van der Waals surface area contributed by atoms with Gasteiger partial charge < -0.3 is 9.47 Å². The molecule has 2 nitrogen and oxygen atoms in total. The molecular weight excluding hydrogens is 233 g/mol. The van der Waals surface area contributed by atoms with Crippen LogP contribution in [0.15, 0.2) is 18.2 Å². The van der Waals surface area contributed by atoms with Crippen molar-refractivity contribution in [2.75, 3.05) is 0 Å². The summed E-state index contributed by atoms with van der Waals surface area (Å²) in [7, 11) is 0. The number of ether oxygens (including phenoxy) is 2. The van der Waals surface area contributed by atoms with Crippen LogP contribution in [-0.4, -0.2) is 12.0 Å². The molecule has 0 spiro atoms. The van der Waals surface area contributed by atoms with E-state index in [-0.39, 0.29) is 11.4 Å². The van der Waals surface area contributed by atoms with Gasteiger partial charge in [-0.2, -0.15) is 0 Å². The summed E-state index contributed by atoms with van der Waals surface area (Å²) in [6, 6.07) is 3.97. The lowest BCUT2D eigenvalue weighted by Crippen LogP contribution is -2.31. The second-order valence-electron chi connectivity index (χ2n) is 4.42. The van der Waals surface area contributed by atoms with Crippen molar-refractivity contribution in [1.29, 1.82) is 0 Å². The van der Waals surface area contributed by atoms with E-state index >= 15 is 0 Å². The molecule has 2 radical (unpaired) electrons. The molecule has 1 aromatic rings. The molecule has 1 heterocycles. The lowest BCUT2D eigenvalue weighted by atomic mass is 9.94. The standard InChI is InChI=1S/C12H11F3O2/c1-11(2)6-5-8-7-9(16-12(13,14)15)3-4-10(8)17-11/h3-4,7H,6H2,1-2H3. The molecule has 0 fully saturated rings. The molecule has 0 unspecified atom stereocenters. The van der Waals surface area contributed by atoms with Gasteiger partial charge in [0.1, 0.15) is 17.1 Å². The highest BCUT2D eigenvalue weighted by Gasteiger charge is 2.32. The lowest BCUT2D eigenvalue weighted by Gasteiger charge is -2.32. The fourth-order valence-corrected chi connectivity index (χ4v) is 1.58. The molecule has 92 valence electrons. The molecule has 0 saturated heterocycles. The summed E-state index contributed by atoms with van der Waals surface area (Å²) < 4.78 is 45.5. The number of hydrogen-bond acceptors (Lipinski definition) is 2. The van der Waals surface area contributed by atoms with Crippen molar-refractivity contribution in [3.8, 4) is 11.5 Å². The average Bonchev–Trinajstić information content (AvgIpc) is 2.15. The zero-order valence-corrected chi connectivity index (χ0v) is 9.39. The molecule has 1 aliphatic heterocycles. The van der Waals surface area contributed by atoms with Crippen molar-refractivity contribution in [2.45, 2.75) is 32.2 Å². The Hall–Kier alpha value is -1.39. The van der Waals surface area contributed by atoms with Gasteiger partial charge in [-0.1, -0.05) is 0 Å². The second-order valence-corrected chi connectivity index (χ2v) is 4.42. The summed E-state index contributed by atoms with van der Waals surface area (Å²) >= 11 is 0. The highest BCUT2D eigenvalue weighted by atomic mass is 19.4. The Kier molecular flexibility index (Phi) is 2.72. The van der Waals surface area contributed by atoms with Gasteiger partial charge in [0, 0.05) is 12.0 Å². The van der Waals surface area contributed by atoms with Gasteiger partial charge in [-0.25, -0.2) is 0 Å². The molecule has 0 atom stereocenters.